The zero-order chi connectivity index (χ0) is 15.6. The second-order valence-electron chi connectivity index (χ2n) is 6.33. The number of amides is 2. The molecule has 0 atom stereocenters. The van der Waals surface area contributed by atoms with Crippen LogP contribution < -0.4 is 10.6 Å². The molecule has 23 heavy (non-hydrogen) atoms. The molecule has 2 fully saturated rings. The van der Waals surface area contributed by atoms with Crippen LogP contribution in [0.25, 0.3) is 10.8 Å². The molecule has 0 aliphatic heterocycles. The molecular weight excluding hydrogens is 312 g/mol. The average Bonchev–Trinajstić information content (AvgIpc) is 3.11. The van der Waals surface area contributed by atoms with E-state index in [0.717, 1.165) is 42.1 Å². The van der Waals surface area contributed by atoms with Crippen LogP contribution in [-0.2, 0) is 0 Å². The lowest BCUT2D eigenvalue weighted by atomic mass is 9.96. The second kappa shape index (κ2) is 6.31. The molecule has 2 saturated carbocycles. The molecule has 0 unspecified atom stereocenters. The Morgan fingerprint density at radius 3 is 2.83 bits per heavy atom. The predicted octanol–water partition coefficient (Wildman–Crippen LogP) is 4.13. The maximum absolute atomic E-state index is 12.2. The first-order valence-corrected chi connectivity index (χ1v) is 9.16. The van der Waals surface area contributed by atoms with E-state index in [1.165, 1.54) is 30.6 Å². The van der Waals surface area contributed by atoms with Crippen molar-refractivity contribution in [2.45, 2.75) is 56.9 Å². The van der Waals surface area contributed by atoms with Crippen molar-refractivity contribution in [2.75, 3.05) is 5.32 Å². The summed E-state index contributed by atoms with van der Waals surface area (Å²) in [5, 5.41) is 11.9. The maximum atomic E-state index is 12.2. The Balaban J connectivity index is 1.42. The van der Waals surface area contributed by atoms with E-state index >= 15 is 0 Å². The minimum atomic E-state index is -0.154. The molecule has 2 N–H and O–H groups in total. The first-order chi connectivity index (χ1) is 11.3. The Bertz CT molecular complexity index is 686. The smallest absolute Gasteiger partial charge is 0.319 e. The highest BCUT2D eigenvalue weighted by Gasteiger charge is 2.29. The van der Waals surface area contributed by atoms with Crippen molar-refractivity contribution in [3.8, 4) is 10.8 Å². The lowest BCUT2D eigenvalue weighted by Gasteiger charge is -2.22. The van der Waals surface area contributed by atoms with E-state index in [1.807, 2.05) is 11.4 Å². The fraction of sp³-hybridized carbons (Fsp3) is 0.562. The molecule has 0 saturated heterocycles. The topological polar surface area (TPSA) is 80.1 Å². The second-order valence-corrected chi connectivity index (χ2v) is 7.24. The maximum Gasteiger partial charge on any atom is 0.319 e. The zero-order valence-electron chi connectivity index (χ0n) is 12.9. The third kappa shape index (κ3) is 3.39. The van der Waals surface area contributed by atoms with Gasteiger partial charge in [0.25, 0.3) is 5.89 Å². The van der Waals surface area contributed by atoms with Crippen molar-refractivity contribution in [3.63, 3.8) is 0 Å². The number of urea groups is 1. The Morgan fingerprint density at radius 2 is 2.04 bits per heavy atom. The lowest BCUT2D eigenvalue weighted by Crippen LogP contribution is -2.39. The number of rotatable bonds is 4. The first kappa shape index (κ1) is 14.7. The van der Waals surface area contributed by atoms with Crippen molar-refractivity contribution in [3.05, 3.63) is 17.3 Å². The molecule has 0 bridgehead atoms. The normalized spacial score (nSPS) is 18.8. The number of anilines is 1. The number of hydrogen-bond donors (Lipinski definition) is 2. The average molecular weight is 332 g/mol. The van der Waals surface area contributed by atoms with Gasteiger partial charge in [-0.2, -0.15) is 4.98 Å². The van der Waals surface area contributed by atoms with E-state index in [9.17, 15) is 4.79 Å². The van der Waals surface area contributed by atoms with Gasteiger partial charge in [0.1, 0.15) is 4.88 Å². The van der Waals surface area contributed by atoms with Gasteiger partial charge in [-0.15, -0.1) is 11.3 Å². The fourth-order valence-electron chi connectivity index (χ4n) is 3.00. The number of carbonyl (C=O) groups is 1. The lowest BCUT2D eigenvalue weighted by molar-refractivity contribution is 0.244. The SMILES string of the molecule is O=C(Nc1ccsc1-c1nc(C2CC2)no1)NC1CCCCC1. The highest BCUT2D eigenvalue weighted by atomic mass is 32.1. The Labute approximate surface area is 138 Å². The Hall–Kier alpha value is -1.89. The van der Waals surface area contributed by atoms with Gasteiger partial charge in [-0.1, -0.05) is 24.4 Å². The third-order valence-electron chi connectivity index (χ3n) is 4.43. The molecule has 2 aromatic heterocycles. The number of nitrogens with zero attached hydrogens (tertiary/aromatic N) is 2. The molecule has 4 rings (SSSR count). The highest BCUT2D eigenvalue weighted by molar-refractivity contribution is 7.14. The molecule has 122 valence electrons. The number of nitrogens with one attached hydrogen (secondary N) is 2. The van der Waals surface area contributed by atoms with Crippen molar-refractivity contribution < 1.29 is 9.32 Å². The monoisotopic (exact) mass is 332 g/mol. The van der Waals surface area contributed by atoms with E-state index in [1.54, 1.807) is 0 Å². The van der Waals surface area contributed by atoms with Crippen LogP contribution in [0.2, 0.25) is 0 Å². The summed E-state index contributed by atoms with van der Waals surface area (Å²) in [4.78, 5) is 17.5. The van der Waals surface area contributed by atoms with Gasteiger partial charge in [0.05, 0.1) is 5.69 Å². The van der Waals surface area contributed by atoms with Crippen LogP contribution in [-0.4, -0.2) is 22.2 Å². The zero-order valence-corrected chi connectivity index (χ0v) is 13.7. The summed E-state index contributed by atoms with van der Waals surface area (Å²) in [7, 11) is 0. The van der Waals surface area contributed by atoms with Crippen molar-refractivity contribution in [1.82, 2.24) is 15.5 Å². The van der Waals surface area contributed by atoms with Gasteiger partial charge in [-0.25, -0.2) is 4.79 Å². The van der Waals surface area contributed by atoms with Crippen molar-refractivity contribution in [2.24, 2.45) is 0 Å². The molecule has 0 aromatic carbocycles. The quantitative estimate of drug-likeness (QED) is 0.882. The number of aromatic nitrogens is 2. The summed E-state index contributed by atoms with van der Waals surface area (Å²) in [6.45, 7) is 0. The molecule has 2 amide bonds. The van der Waals surface area contributed by atoms with Crippen molar-refractivity contribution in [1.29, 1.82) is 0 Å². The molecule has 2 heterocycles. The van der Waals surface area contributed by atoms with Crippen LogP contribution in [0, 0.1) is 0 Å². The minimum Gasteiger partial charge on any atom is -0.335 e. The van der Waals surface area contributed by atoms with Crippen LogP contribution >= 0.6 is 11.3 Å². The number of hydrogen-bond acceptors (Lipinski definition) is 5. The van der Waals surface area contributed by atoms with Gasteiger partial charge in [0, 0.05) is 12.0 Å². The van der Waals surface area contributed by atoms with E-state index in [2.05, 4.69) is 20.8 Å². The van der Waals surface area contributed by atoms with Gasteiger partial charge in [-0.05, 0) is 37.1 Å². The number of thiophene rings is 1. The molecule has 2 aliphatic rings. The Kier molecular flexibility index (Phi) is 4.03. The van der Waals surface area contributed by atoms with E-state index in [4.69, 9.17) is 4.52 Å². The van der Waals surface area contributed by atoms with Crippen LogP contribution in [0.3, 0.4) is 0 Å². The first-order valence-electron chi connectivity index (χ1n) is 8.28. The Morgan fingerprint density at radius 1 is 1.22 bits per heavy atom. The van der Waals surface area contributed by atoms with E-state index in [-0.39, 0.29) is 12.1 Å². The minimum absolute atomic E-state index is 0.154. The summed E-state index contributed by atoms with van der Waals surface area (Å²) in [6, 6.07) is 2.01. The molecule has 6 nitrogen and oxygen atoms in total. The molecule has 2 aliphatic carbocycles. The molecule has 2 aromatic rings. The highest BCUT2D eigenvalue weighted by Crippen LogP contribution is 2.40. The van der Waals surface area contributed by atoms with Gasteiger partial charge < -0.3 is 15.2 Å². The fourth-order valence-corrected chi connectivity index (χ4v) is 3.77. The molecular formula is C16H20N4O2S. The van der Waals surface area contributed by atoms with Gasteiger partial charge >= 0.3 is 6.03 Å². The summed E-state index contributed by atoms with van der Waals surface area (Å²) in [5.41, 5.74) is 0.731. The summed E-state index contributed by atoms with van der Waals surface area (Å²) >= 11 is 1.50. The summed E-state index contributed by atoms with van der Waals surface area (Å²) in [5.74, 6) is 1.74. The third-order valence-corrected chi connectivity index (χ3v) is 5.33. The van der Waals surface area contributed by atoms with Crippen molar-refractivity contribution >= 4 is 23.1 Å². The van der Waals surface area contributed by atoms with Crippen LogP contribution in [0.1, 0.15) is 56.7 Å². The molecule has 0 radical (unpaired) electrons. The van der Waals surface area contributed by atoms with Gasteiger partial charge in [-0.3, -0.25) is 0 Å². The molecule has 0 spiro atoms. The molecule has 7 heteroatoms. The summed E-state index contributed by atoms with van der Waals surface area (Å²) < 4.78 is 5.36. The van der Waals surface area contributed by atoms with Gasteiger partial charge in [0.2, 0.25) is 0 Å². The predicted molar refractivity (Wildman–Crippen MR) is 88.6 cm³/mol. The van der Waals surface area contributed by atoms with Crippen LogP contribution in [0.15, 0.2) is 16.0 Å². The number of carbonyl (C=O) groups excluding carboxylic acids is 1. The summed E-state index contributed by atoms with van der Waals surface area (Å²) in [6.07, 6.45) is 8.07. The largest absolute Gasteiger partial charge is 0.335 e. The standard InChI is InChI=1S/C16H20N4O2S/c21-16(17-11-4-2-1-3-5-11)18-12-8-9-23-13(12)15-19-14(20-22-15)10-6-7-10/h8-11H,1-7H2,(H2,17,18,21). The van der Waals surface area contributed by atoms with Gasteiger partial charge in [0.15, 0.2) is 5.82 Å². The van der Waals surface area contributed by atoms with E-state index in [0.29, 0.717) is 11.8 Å². The van der Waals surface area contributed by atoms with E-state index < -0.39 is 0 Å². The van der Waals surface area contributed by atoms with Crippen LogP contribution in [0.4, 0.5) is 10.5 Å². The van der Waals surface area contributed by atoms with Crippen LogP contribution in [0.5, 0.6) is 0 Å².